The Morgan fingerprint density at radius 2 is 2.05 bits per heavy atom. The van der Waals surface area contributed by atoms with Gasteiger partial charge >= 0.3 is 0 Å². The van der Waals surface area contributed by atoms with E-state index in [-0.39, 0.29) is 24.8 Å². The first-order chi connectivity index (χ1) is 10.1. The van der Waals surface area contributed by atoms with Crippen molar-refractivity contribution in [3.05, 3.63) is 59.0 Å². The summed E-state index contributed by atoms with van der Waals surface area (Å²) < 4.78 is 4.81. The number of hydrogen-bond donors (Lipinski definition) is 2. The highest BCUT2D eigenvalue weighted by Gasteiger charge is 2.07. The molecule has 0 aliphatic carbocycles. The van der Waals surface area contributed by atoms with Crippen molar-refractivity contribution in [3.63, 3.8) is 0 Å². The van der Waals surface area contributed by atoms with Gasteiger partial charge in [0.25, 0.3) is 5.91 Å². The van der Waals surface area contributed by atoms with Crippen LogP contribution in [0.4, 0.5) is 0 Å². The van der Waals surface area contributed by atoms with E-state index >= 15 is 0 Å². The Labute approximate surface area is 127 Å². The second-order valence-electron chi connectivity index (χ2n) is 4.42. The molecule has 1 heterocycles. The summed E-state index contributed by atoms with van der Waals surface area (Å²) in [5, 5.41) is 6.04. The molecular weight excluding hydrogens is 292 g/mol. The molecule has 2 amide bonds. The molecular formula is C15H15ClN2O3. The molecule has 0 spiro atoms. The van der Waals surface area contributed by atoms with E-state index < -0.39 is 0 Å². The van der Waals surface area contributed by atoms with Gasteiger partial charge in [0.2, 0.25) is 5.91 Å². The predicted molar refractivity (Wildman–Crippen MR) is 79.0 cm³/mol. The lowest BCUT2D eigenvalue weighted by atomic mass is 10.2. The van der Waals surface area contributed by atoms with Gasteiger partial charge in [0.05, 0.1) is 11.8 Å². The van der Waals surface area contributed by atoms with Gasteiger partial charge in [-0.3, -0.25) is 9.59 Å². The first-order valence-corrected chi connectivity index (χ1v) is 6.84. The maximum Gasteiger partial charge on any atom is 0.254 e. The number of amides is 2. The van der Waals surface area contributed by atoms with Crippen molar-refractivity contribution in [2.75, 3.05) is 6.54 Å². The number of nitrogens with one attached hydrogen (secondary N) is 2. The molecule has 0 fully saturated rings. The van der Waals surface area contributed by atoms with Crippen LogP contribution < -0.4 is 10.6 Å². The van der Waals surface area contributed by atoms with Gasteiger partial charge in [0, 0.05) is 24.5 Å². The Morgan fingerprint density at radius 1 is 1.19 bits per heavy atom. The van der Waals surface area contributed by atoms with E-state index in [1.807, 2.05) is 12.1 Å². The third-order valence-corrected chi connectivity index (χ3v) is 3.03. The summed E-state index contributed by atoms with van der Waals surface area (Å²) in [5.74, 6) is -0.395. The van der Waals surface area contributed by atoms with Crippen LogP contribution in [-0.4, -0.2) is 18.4 Å². The standard InChI is InChI=1S/C15H15ClN2O3/c16-13-3-1-2-11(8-13)9-18-14(19)4-6-17-15(20)12-5-7-21-10-12/h1-3,5,7-8,10H,4,6,9H2,(H,17,20)(H,18,19). The summed E-state index contributed by atoms with van der Waals surface area (Å²) in [6.45, 7) is 0.681. The first kappa shape index (κ1) is 15.1. The number of carbonyl (C=O) groups is 2. The van der Waals surface area contributed by atoms with Crippen LogP contribution in [0, 0.1) is 0 Å². The summed E-state index contributed by atoms with van der Waals surface area (Å²) in [7, 11) is 0. The van der Waals surface area contributed by atoms with Gasteiger partial charge in [0.15, 0.2) is 0 Å². The lowest BCUT2D eigenvalue weighted by Gasteiger charge is -2.06. The molecule has 110 valence electrons. The second kappa shape index (κ2) is 7.50. The number of hydrogen-bond acceptors (Lipinski definition) is 3. The quantitative estimate of drug-likeness (QED) is 0.860. The molecule has 1 aromatic heterocycles. The molecule has 0 atom stereocenters. The summed E-state index contributed by atoms with van der Waals surface area (Å²) >= 11 is 5.86. The largest absolute Gasteiger partial charge is 0.472 e. The third kappa shape index (κ3) is 4.96. The topological polar surface area (TPSA) is 71.3 Å². The maximum atomic E-state index is 11.7. The minimum Gasteiger partial charge on any atom is -0.472 e. The Bertz CT molecular complexity index is 611. The Kier molecular flexibility index (Phi) is 5.40. The molecule has 21 heavy (non-hydrogen) atoms. The molecule has 0 aliphatic rings. The van der Waals surface area contributed by atoms with Gasteiger partial charge in [-0.05, 0) is 23.8 Å². The average Bonchev–Trinajstić information content (AvgIpc) is 2.99. The molecule has 2 rings (SSSR count). The maximum absolute atomic E-state index is 11.7. The van der Waals surface area contributed by atoms with Gasteiger partial charge < -0.3 is 15.1 Å². The van der Waals surface area contributed by atoms with Crippen LogP contribution in [0.3, 0.4) is 0 Å². The number of rotatable bonds is 6. The van der Waals surface area contributed by atoms with Crippen LogP contribution in [-0.2, 0) is 11.3 Å². The van der Waals surface area contributed by atoms with Crippen molar-refractivity contribution in [3.8, 4) is 0 Å². The lowest BCUT2D eigenvalue weighted by Crippen LogP contribution is -2.30. The van der Waals surface area contributed by atoms with Crippen molar-refractivity contribution in [1.29, 1.82) is 0 Å². The highest BCUT2D eigenvalue weighted by Crippen LogP contribution is 2.10. The van der Waals surface area contributed by atoms with E-state index in [4.69, 9.17) is 16.0 Å². The minimum absolute atomic E-state index is 0.137. The molecule has 6 heteroatoms. The molecule has 2 aromatic rings. The minimum atomic E-state index is -0.258. The van der Waals surface area contributed by atoms with Crippen molar-refractivity contribution >= 4 is 23.4 Å². The highest BCUT2D eigenvalue weighted by molar-refractivity contribution is 6.30. The van der Waals surface area contributed by atoms with Gasteiger partial charge in [-0.15, -0.1) is 0 Å². The van der Waals surface area contributed by atoms with E-state index in [1.165, 1.54) is 12.5 Å². The Hall–Kier alpha value is -2.27. The number of benzene rings is 1. The van der Waals surface area contributed by atoms with E-state index in [9.17, 15) is 9.59 Å². The molecule has 0 saturated heterocycles. The van der Waals surface area contributed by atoms with Gasteiger partial charge in [0.1, 0.15) is 6.26 Å². The lowest BCUT2D eigenvalue weighted by molar-refractivity contribution is -0.121. The first-order valence-electron chi connectivity index (χ1n) is 6.46. The van der Waals surface area contributed by atoms with E-state index in [2.05, 4.69) is 10.6 Å². The molecule has 0 unspecified atom stereocenters. The summed E-state index contributed by atoms with van der Waals surface area (Å²) in [5.41, 5.74) is 1.37. The zero-order chi connectivity index (χ0) is 15.1. The SMILES string of the molecule is O=C(CCNC(=O)c1ccoc1)NCc1cccc(Cl)c1. The average molecular weight is 307 g/mol. The Morgan fingerprint density at radius 3 is 2.76 bits per heavy atom. The monoisotopic (exact) mass is 306 g/mol. The van der Waals surface area contributed by atoms with Gasteiger partial charge in [-0.2, -0.15) is 0 Å². The second-order valence-corrected chi connectivity index (χ2v) is 4.86. The molecule has 0 radical (unpaired) electrons. The fourth-order valence-electron chi connectivity index (χ4n) is 1.72. The smallest absolute Gasteiger partial charge is 0.254 e. The molecule has 0 aliphatic heterocycles. The Balaban J connectivity index is 1.67. The van der Waals surface area contributed by atoms with Crippen LogP contribution in [0.15, 0.2) is 47.3 Å². The van der Waals surface area contributed by atoms with Crippen molar-refractivity contribution in [1.82, 2.24) is 10.6 Å². The normalized spacial score (nSPS) is 10.1. The fraction of sp³-hybridized carbons (Fsp3) is 0.200. The van der Waals surface area contributed by atoms with Gasteiger partial charge in [-0.1, -0.05) is 23.7 Å². The number of carbonyl (C=O) groups excluding carboxylic acids is 2. The van der Waals surface area contributed by atoms with Crippen molar-refractivity contribution in [2.24, 2.45) is 0 Å². The summed E-state index contributed by atoms with van der Waals surface area (Å²) in [4.78, 5) is 23.2. The molecule has 0 saturated carbocycles. The van der Waals surface area contributed by atoms with Crippen LogP contribution in [0.2, 0.25) is 5.02 Å². The van der Waals surface area contributed by atoms with Crippen molar-refractivity contribution < 1.29 is 14.0 Å². The third-order valence-electron chi connectivity index (χ3n) is 2.80. The fourth-order valence-corrected chi connectivity index (χ4v) is 1.93. The van der Waals surface area contributed by atoms with Crippen LogP contribution in [0.5, 0.6) is 0 Å². The van der Waals surface area contributed by atoms with Crippen LogP contribution in [0.25, 0.3) is 0 Å². The van der Waals surface area contributed by atoms with E-state index in [1.54, 1.807) is 18.2 Å². The predicted octanol–water partition coefficient (Wildman–Crippen LogP) is 2.37. The number of halogens is 1. The molecule has 2 N–H and O–H groups in total. The molecule has 0 bridgehead atoms. The van der Waals surface area contributed by atoms with Crippen LogP contribution >= 0.6 is 11.6 Å². The zero-order valence-corrected chi connectivity index (χ0v) is 12.0. The van der Waals surface area contributed by atoms with Crippen molar-refractivity contribution in [2.45, 2.75) is 13.0 Å². The number of furan rings is 1. The summed E-state index contributed by atoms with van der Waals surface area (Å²) in [6, 6.07) is 8.84. The molecule has 5 nitrogen and oxygen atoms in total. The van der Waals surface area contributed by atoms with E-state index in [0.717, 1.165) is 5.56 Å². The van der Waals surface area contributed by atoms with E-state index in [0.29, 0.717) is 17.1 Å². The zero-order valence-electron chi connectivity index (χ0n) is 11.3. The van der Waals surface area contributed by atoms with Crippen LogP contribution in [0.1, 0.15) is 22.3 Å². The van der Waals surface area contributed by atoms with Gasteiger partial charge in [-0.25, -0.2) is 0 Å². The highest BCUT2D eigenvalue weighted by atomic mass is 35.5. The summed E-state index contributed by atoms with van der Waals surface area (Å²) in [6.07, 6.45) is 2.99. The molecule has 1 aromatic carbocycles.